The van der Waals surface area contributed by atoms with E-state index in [0.29, 0.717) is 24.3 Å². The van der Waals surface area contributed by atoms with Crippen LogP contribution in [-0.4, -0.2) is 19.3 Å². The van der Waals surface area contributed by atoms with Crippen molar-refractivity contribution in [3.05, 3.63) is 89.0 Å². The van der Waals surface area contributed by atoms with Gasteiger partial charge in [-0.1, -0.05) is 95.5 Å². The highest BCUT2D eigenvalue weighted by atomic mass is 16.5. The number of rotatable bonds is 13. The van der Waals surface area contributed by atoms with Gasteiger partial charge in [0.25, 0.3) is 0 Å². The van der Waals surface area contributed by atoms with Crippen molar-refractivity contribution in [1.82, 2.24) is 0 Å². The first kappa shape index (κ1) is 29.0. The summed E-state index contributed by atoms with van der Waals surface area (Å²) in [5, 5.41) is 3.11. The van der Waals surface area contributed by atoms with Crippen LogP contribution >= 0.6 is 0 Å². The minimum absolute atomic E-state index is 0.00739. The summed E-state index contributed by atoms with van der Waals surface area (Å²) in [6, 6.07) is 21.4. The van der Waals surface area contributed by atoms with Crippen molar-refractivity contribution in [1.29, 1.82) is 0 Å². The van der Waals surface area contributed by atoms with Crippen molar-refractivity contribution < 1.29 is 19.1 Å². The fourth-order valence-corrected chi connectivity index (χ4v) is 4.69. The Morgan fingerprint density at radius 1 is 1.00 bits per heavy atom. The van der Waals surface area contributed by atoms with Crippen LogP contribution in [-0.2, 0) is 16.8 Å². The lowest BCUT2D eigenvalue weighted by Gasteiger charge is -2.24. The molecule has 1 N–H and O–H groups in total. The normalized spacial score (nSPS) is 12.0. The van der Waals surface area contributed by atoms with E-state index in [9.17, 15) is 9.59 Å². The van der Waals surface area contributed by atoms with Gasteiger partial charge in [0.05, 0.1) is 7.11 Å². The molecule has 0 fully saturated rings. The average Bonchev–Trinajstić information content (AvgIpc) is 2.91. The number of hydrogen-bond donors (Lipinski definition) is 1. The Morgan fingerprint density at radius 2 is 1.76 bits per heavy atom. The highest BCUT2D eigenvalue weighted by molar-refractivity contribution is 5.93. The third-order valence-electron chi connectivity index (χ3n) is 6.74. The Morgan fingerprint density at radius 3 is 2.42 bits per heavy atom. The number of unbranched alkanes of at least 4 members (excludes halogenated alkanes) is 2. The van der Waals surface area contributed by atoms with Gasteiger partial charge in [0, 0.05) is 23.7 Å². The first-order valence-electron chi connectivity index (χ1n) is 13.5. The van der Waals surface area contributed by atoms with Crippen molar-refractivity contribution in [2.24, 2.45) is 0 Å². The molecule has 0 aliphatic carbocycles. The topological polar surface area (TPSA) is 64.6 Å². The molecule has 1 unspecified atom stereocenters. The average molecular weight is 516 g/mol. The number of hydrogen-bond acceptors (Lipinski definition) is 4. The maximum absolute atomic E-state index is 13.4. The molecule has 0 aromatic heterocycles. The zero-order valence-corrected chi connectivity index (χ0v) is 23.4. The first-order valence-corrected chi connectivity index (χ1v) is 13.5. The summed E-state index contributed by atoms with van der Waals surface area (Å²) < 4.78 is 11.8. The van der Waals surface area contributed by atoms with E-state index in [0.717, 1.165) is 60.2 Å². The molecule has 5 nitrogen and oxygen atoms in total. The van der Waals surface area contributed by atoms with Crippen LogP contribution in [0.5, 0.6) is 11.5 Å². The maximum atomic E-state index is 13.4. The summed E-state index contributed by atoms with van der Waals surface area (Å²) >= 11 is 0. The molecule has 3 rings (SSSR count). The number of ether oxygens (including phenoxy) is 2. The molecule has 1 amide bonds. The van der Waals surface area contributed by atoms with E-state index < -0.39 is 0 Å². The molecule has 38 heavy (non-hydrogen) atoms. The second-order valence-corrected chi connectivity index (χ2v) is 10.8. The Hall–Kier alpha value is -3.60. The summed E-state index contributed by atoms with van der Waals surface area (Å²) in [5.41, 5.74) is 4.15. The zero-order chi connectivity index (χ0) is 27.5. The quantitative estimate of drug-likeness (QED) is 0.185. The molecule has 1 atom stereocenters. The largest absolute Gasteiger partial charge is 0.496 e. The van der Waals surface area contributed by atoms with Gasteiger partial charge in [-0.05, 0) is 46.6 Å². The summed E-state index contributed by atoms with van der Waals surface area (Å²) in [4.78, 5) is 24.8. The van der Waals surface area contributed by atoms with Gasteiger partial charge in [-0.3, -0.25) is 9.59 Å². The third-order valence-corrected chi connectivity index (χ3v) is 6.74. The second-order valence-electron chi connectivity index (χ2n) is 10.8. The zero-order valence-electron chi connectivity index (χ0n) is 23.4. The number of nitrogens with one attached hydrogen (secondary N) is 1. The van der Waals surface area contributed by atoms with Gasteiger partial charge in [0.2, 0.25) is 5.91 Å². The minimum Gasteiger partial charge on any atom is -0.496 e. The number of methoxy groups -OCH3 is 1. The fraction of sp³-hybridized carbons (Fsp3) is 0.394. The molecule has 3 aromatic carbocycles. The Balaban J connectivity index is 1.81. The van der Waals surface area contributed by atoms with E-state index in [2.05, 4.69) is 33.0 Å². The van der Waals surface area contributed by atoms with Crippen LogP contribution in [0.15, 0.2) is 66.7 Å². The van der Waals surface area contributed by atoms with Crippen LogP contribution in [0.3, 0.4) is 0 Å². The fourth-order valence-electron chi connectivity index (χ4n) is 4.69. The SMILES string of the molecule is CCCCCC(CC(=O)Nc1cc(C=O)ccc1C(C)(C)C)c1ccc(OCc2ccccc2)cc1OC. The highest BCUT2D eigenvalue weighted by Gasteiger charge is 2.23. The smallest absolute Gasteiger partial charge is 0.224 e. The van der Waals surface area contributed by atoms with E-state index >= 15 is 0 Å². The van der Waals surface area contributed by atoms with Crippen molar-refractivity contribution >= 4 is 17.9 Å². The van der Waals surface area contributed by atoms with Crippen molar-refractivity contribution in [3.63, 3.8) is 0 Å². The predicted octanol–water partition coefficient (Wildman–Crippen LogP) is 8.08. The Bertz CT molecular complexity index is 1200. The van der Waals surface area contributed by atoms with Crippen LogP contribution in [0.25, 0.3) is 0 Å². The lowest BCUT2D eigenvalue weighted by molar-refractivity contribution is -0.116. The van der Waals surface area contributed by atoms with Crippen LogP contribution in [0.2, 0.25) is 0 Å². The van der Waals surface area contributed by atoms with Gasteiger partial charge < -0.3 is 14.8 Å². The number of benzene rings is 3. The molecular formula is C33H41NO4. The first-order chi connectivity index (χ1) is 18.2. The highest BCUT2D eigenvalue weighted by Crippen LogP contribution is 2.37. The van der Waals surface area contributed by atoms with E-state index in [-0.39, 0.29) is 17.2 Å². The summed E-state index contributed by atoms with van der Waals surface area (Å²) in [7, 11) is 1.66. The molecule has 0 heterocycles. The van der Waals surface area contributed by atoms with Gasteiger partial charge in [0.1, 0.15) is 24.4 Å². The monoisotopic (exact) mass is 515 g/mol. The Labute approximate surface area is 227 Å². The van der Waals surface area contributed by atoms with Crippen LogP contribution in [0.4, 0.5) is 5.69 Å². The van der Waals surface area contributed by atoms with Gasteiger partial charge in [-0.25, -0.2) is 0 Å². The number of carbonyl (C=O) groups is 2. The lowest BCUT2D eigenvalue weighted by atomic mass is 9.85. The molecular weight excluding hydrogens is 474 g/mol. The number of carbonyl (C=O) groups excluding carboxylic acids is 2. The summed E-state index contributed by atoms with van der Waals surface area (Å²) in [6.45, 7) is 8.94. The lowest BCUT2D eigenvalue weighted by Crippen LogP contribution is -2.21. The van der Waals surface area contributed by atoms with Gasteiger partial charge in [-0.2, -0.15) is 0 Å². The molecule has 0 saturated heterocycles. The second kappa shape index (κ2) is 13.8. The third kappa shape index (κ3) is 8.20. The molecule has 0 saturated carbocycles. The minimum atomic E-state index is -0.177. The molecule has 0 aliphatic heterocycles. The van der Waals surface area contributed by atoms with Crippen molar-refractivity contribution in [2.45, 2.75) is 77.7 Å². The van der Waals surface area contributed by atoms with Crippen LogP contribution in [0, 0.1) is 0 Å². The number of anilines is 1. The van der Waals surface area contributed by atoms with Crippen molar-refractivity contribution in [3.8, 4) is 11.5 Å². The van der Waals surface area contributed by atoms with Crippen LogP contribution in [0.1, 0.15) is 92.8 Å². The van der Waals surface area contributed by atoms with E-state index in [4.69, 9.17) is 9.47 Å². The molecule has 0 aliphatic rings. The van der Waals surface area contributed by atoms with Gasteiger partial charge >= 0.3 is 0 Å². The molecule has 5 heteroatoms. The summed E-state index contributed by atoms with van der Waals surface area (Å²) in [6.07, 6.45) is 5.24. The molecule has 0 radical (unpaired) electrons. The van der Waals surface area contributed by atoms with Crippen molar-refractivity contribution in [2.75, 3.05) is 12.4 Å². The Kier molecular flexibility index (Phi) is 10.5. The van der Waals surface area contributed by atoms with E-state index in [1.54, 1.807) is 19.2 Å². The van der Waals surface area contributed by atoms with Crippen LogP contribution < -0.4 is 14.8 Å². The van der Waals surface area contributed by atoms with E-state index in [1.165, 1.54) is 0 Å². The van der Waals surface area contributed by atoms with Gasteiger partial charge in [-0.15, -0.1) is 0 Å². The van der Waals surface area contributed by atoms with Gasteiger partial charge in [0.15, 0.2) is 0 Å². The molecule has 3 aromatic rings. The number of aldehydes is 1. The summed E-state index contributed by atoms with van der Waals surface area (Å²) in [5.74, 6) is 1.37. The maximum Gasteiger partial charge on any atom is 0.224 e. The molecule has 0 bridgehead atoms. The number of amides is 1. The molecule has 0 spiro atoms. The predicted molar refractivity (Wildman–Crippen MR) is 154 cm³/mol. The van der Waals surface area contributed by atoms with E-state index in [1.807, 2.05) is 54.6 Å². The standard InChI is InChI=1S/C33H41NO4/c1-6-7-9-14-26(20-32(36)34-30-19-25(22-35)15-18-29(30)33(2,3)4)28-17-16-27(21-31(28)37-5)38-23-24-12-10-8-11-13-24/h8,10-13,15-19,21-22,26H,6-7,9,14,20,23H2,1-5H3,(H,34,36). The molecule has 202 valence electrons.